The second-order valence-electron chi connectivity index (χ2n) is 11.9. The summed E-state index contributed by atoms with van der Waals surface area (Å²) in [5, 5.41) is 24.7. The molecule has 9 heteroatoms. The largest absolute Gasteiger partial charge is 0.507 e. The summed E-state index contributed by atoms with van der Waals surface area (Å²) in [6.07, 6.45) is 7.74. The first-order chi connectivity index (χ1) is 20.9. The summed E-state index contributed by atoms with van der Waals surface area (Å²) in [5.74, 6) is -1.92. The molecule has 5 aliphatic heterocycles. The van der Waals surface area contributed by atoms with Crippen molar-refractivity contribution in [2.75, 3.05) is 0 Å². The normalized spacial score (nSPS) is 25.6. The fraction of sp³-hybridized carbons (Fsp3) is 0.343. The maximum Gasteiger partial charge on any atom is 0.303 e. The van der Waals surface area contributed by atoms with Crippen molar-refractivity contribution in [1.82, 2.24) is 5.32 Å². The zero-order valence-corrected chi connectivity index (χ0v) is 25.8. The van der Waals surface area contributed by atoms with Gasteiger partial charge in [0.15, 0.2) is 6.10 Å². The number of carbonyl (C=O) groups excluding carboxylic acids is 1. The average molecular weight is 593 g/mol. The van der Waals surface area contributed by atoms with E-state index in [4.69, 9.17) is 19.7 Å². The van der Waals surface area contributed by atoms with Crippen LogP contribution in [0.3, 0.4) is 0 Å². The van der Waals surface area contributed by atoms with Crippen LogP contribution in [0.2, 0.25) is 0 Å². The molecule has 44 heavy (non-hydrogen) atoms. The van der Waals surface area contributed by atoms with Gasteiger partial charge in [-0.25, -0.2) is 15.0 Å². The van der Waals surface area contributed by atoms with Gasteiger partial charge in [-0.15, -0.1) is 0 Å². The van der Waals surface area contributed by atoms with Crippen LogP contribution in [0.15, 0.2) is 119 Å². The highest BCUT2D eigenvalue weighted by Crippen LogP contribution is 2.47. The monoisotopic (exact) mass is 592 g/mol. The van der Waals surface area contributed by atoms with E-state index in [2.05, 4.69) is 25.7 Å². The van der Waals surface area contributed by atoms with Crippen LogP contribution in [0.1, 0.15) is 60.8 Å². The third-order valence-corrected chi connectivity index (χ3v) is 9.33. The summed E-state index contributed by atoms with van der Waals surface area (Å²) in [6, 6.07) is 0. The van der Waals surface area contributed by atoms with E-state index in [0.717, 1.165) is 62.8 Å². The Labute approximate surface area is 256 Å². The Hall–Kier alpha value is -4.79. The van der Waals surface area contributed by atoms with Crippen molar-refractivity contribution in [3.8, 4) is 0 Å². The molecule has 8 bridgehead atoms. The minimum Gasteiger partial charge on any atom is -0.507 e. The van der Waals surface area contributed by atoms with Crippen molar-refractivity contribution < 1.29 is 24.5 Å². The number of esters is 1. The number of aliphatic hydroxyl groups is 1. The van der Waals surface area contributed by atoms with Gasteiger partial charge >= 0.3 is 11.9 Å². The van der Waals surface area contributed by atoms with Crippen molar-refractivity contribution in [3.05, 3.63) is 104 Å². The minimum absolute atomic E-state index is 0.0503. The third kappa shape index (κ3) is 4.49. The van der Waals surface area contributed by atoms with Gasteiger partial charge in [0.1, 0.15) is 5.76 Å². The Kier molecular flexibility index (Phi) is 7.14. The average Bonchev–Trinajstić information content (AvgIpc) is 3.69. The van der Waals surface area contributed by atoms with Crippen molar-refractivity contribution in [3.63, 3.8) is 0 Å². The lowest BCUT2D eigenvalue weighted by Gasteiger charge is -2.21. The number of nitrogens with one attached hydrogen (secondary N) is 1. The molecule has 0 saturated carbocycles. The molecule has 1 aliphatic carbocycles. The van der Waals surface area contributed by atoms with E-state index >= 15 is 0 Å². The predicted molar refractivity (Wildman–Crippen MR) is 170 cm³/mol. The molecule has 0 aromatic carbocycles. The molecule has 6 rings (SSSR count). The fourth-order valence-corrected chi connectivity index (χ4v) is 6.95. The van der Waals surface area contributed by atoms with E-state index in [9.17, 15) is 19.8 Å². The van der Waals surface area contributed by atoms with Gasteiger partial charge in [-0.3, -0.25) is 9.59 Å². The highest BCUT2D eigenvalue weighted by atomic mass is 16.6. The number of ether oxygens (including phenoxy) is 1. The second-order valence-corrected chi connectivity index (χ2v) is 11.9. The summed E-state index contributed by atoms with van der Waals surface area (Å²) < 4.78 is 5.72. The number of allylic oxidation sites excluding steroid dienone is 11. The molecule has 0 spiro atoms. The number of carboxylic acid groups (broad SMARTS) is 1. The van der Waals surface area contributed by atoms with Gasteiger partial charge in [0, 0.05) is 53.3 Å². The molecule has 0 unspecified atom stereocenters. The first-order valence-corrected chi connectivity index (χ1v) is 15.0. The van der Waals surface area contributed by atoms with E-state index in [1.807, 2.05) is 45.1 Å². The summed E-state index contributed by atoms with van der Waals surface area (Å²) in [5.41, 5.74) is 11.8. The topological polar surface area (TPSA) is 133 Å². The number of aliphatic imine (C=N–C) groups is 3. The highest BCUT2D eigenvalue weighted by molar-refractivity contribution is 6.22. The minimum atomic E-state index is -1.07. The second kappa shape index (κ2) is 10.7. The number of fused-ring (bicyclic) bond motifs is 5. The van der Waals surface area contributed by atoms with Crippen molar-refractivity contribution in [2.45, 2.75) is 66.9 Å². The lowest BCUT2D eigenvalue weighted by atomic mass is 9.86. The fourth-order valence-electron chi connectivity index (χ4n) is 6.95. The zero-order valence-electron chi connectivity index (χ0n) is 25.8. The summed E-state index contributed by atoms with van der Waals surface area (Å²) in [4.78, 5) is 39.0. The Morgan fingerprint density at radius 1 is 1.05 bits per heavy atom. The quantitative estimate of drug-likeness (QED) is 0.312. The van der Waals surface area contributed by atoms with Gasteiger partial charge in [-0.1, -0.05) is 26.5 Å². The Morgan fingerprint density at radius 3 is 2.41 bits per heavy atom. The van der Waals surface area contributed by atoms with Gasteiger partial charge in [0.2, 0.25) is 0 Å². The Bertz CT molecular complexity index is 1810. The number of aliphatic carboxylic acids is 1. The van der Waals surface area contributed by atoms with Crippen LogP contribution in [0.25, 0.3) is 0 Å². The van der Waals surface area contributed by atoms with Crippen molar-refractivity contribution in [2.24, 2.45) is 26.8 Å². The molecule has 1 fully saturated rings. The van der Waals surface area contributed by atoms with Gasteiger partial charge < -0.3 is 20.3 Å². The number of hydrogen-bond acceptors (Lipinski definition) is 8. The van der Waals surface area contributed by atoms with E-state index < -0.39 is 18.0 Å². The van der Waals surface area contributed by atoms with E-state index in [0.29, 0.717) is 34.7 Å². The van der Waals surface area contributed by atoms with Crippen molar-refractivity contribution >= 4 is 29.1 Å². The first kappa shape index (κ1) is 29.3. The molecule has 1 saturated heterocycles. The molecule has 3 atom stereocenters. The molecule has 0 radical (unpaired) electrons. The lowest BCUT2D eigenvalue weighted by molar-refractivity contribution is -0.144. The maximum absolute atomic E-state index is 12.3. The van der Waals surface area contributed by atoms with Crippen LogP contribution in [-0.4, -0.2) is 45.4 Å². The number of aliphatic hydroxyl groups excluding tert-OH is 1. The van der Waals surface area contributed by atoms with Crippen LogP contribution < -0.4 is 5.32 Å². The SMILES string of the molecule is C=CC1=C(C)C2=NC1=CC1=NC(=CC3=C(C)C4=C(O)[C@H](OC(C)=O)C(=C5NC(=C2)[C@@H](C)[C@@H]5CCC(=O)O)C4=N3)C(CC)=C1C. The van der Waals surface area contributed by atoms with E-state index in [1.54, 1.807) is 0 Å². The number of carbonyl (C=O) groups is 2. The van der Waals surface area contributed by atoms with E-state index in [-0.39, 0.29) is 24.0 Å². The third-order valence-electron chi connectivity index (χ3n) is 9.33. The Balaban J connectivity index is 1.66. The van der Waals surface area contributed by atoms with Gasteiger partial charge in [-0.2, -0.15) is 0 Å². The molecular weight excluding hydrogens is 556 g/mol. The number of nitrogens with zero attached hydrogens (tertiary/aromatic N) is 3. The maximum atomic E-state index is 12.3. The van der Waals surface area contributed by atoms with Crippen LogP contribution >= 0.6 is 0 Å². The summed E-state index contributed by atoms with van der Waals surface area (Å²) >= 11 is 0. The molecule has 5 heterocycles. The van der Waals surface area contributed by atoms with Crippen molar-refractivity contribution in [1.29, 1.82) is 0 Å². The Morgan fingerprint density at radius 2 is 1.75 bits per heavy atom. The lowest BCUT2D eigenvalue weighted by Crippen LogP contribution is -2.25. The molecule has 0 aromatic rings. The van der Waals surface area contributed by atoms with Crippen LogP contribution in [0.5, 0.6) is 0 Å². The summed E-state index contributed by atoms with van der Waals surface area (Å²) in [7, 11) is 0. The molecule has 3 N–H and O–H groups in total. The van der Waals surface area contributed by atoms with Gasteiger partial charge in [-0.05, 0) is 74.1 Å². The standard InChI is InChI=1S/C35H36N4O5/c1-8-20-15(3)23-12-25-17(5)22(10-11-29(41)42)32(38-25)31-33-30(34(43)35(31)44-19(7)40)18(6)26(39-33)14-28-21(9-2)16(4)24(37-28)13-27(20)36-23/h8,12-14,17,22,35,38,43H,1,9-11H2,2-7H3,(H,41,42)/t17-,22-,35+/m0/s1. The predicted octanol–water partition coefficient (Wildman–Crippen LogP) is 6.25. The number of hydrogen-bond donors (Lipinski definition) is 3. The molecule has 0 aromatic heterocycles. The van der Waals surface area contributed by atoms with Gasteiger partial charge in [0.05, 0.1) is 34.2 Å². The molecular formula is C35H36N4O5. The molecule has 0 amide bonds. The smallest absolute Gasteiger partial charge is 0.303 e. The van der Waals surface area contributed by atoms with Crippen LogP contribution in [0.4, 0.5) is 0 Å². The molecule has 226 valence electrons. The number of rotatable bonds is 6. The van der Waals surface area contributed by atoms with E-state index in [1.165, 1.54) is 6.92 Å². The van der Waals surface area contributed by atoms with Gasteiger partial charge in [0.25, 0.3) is 0 Å². The molecule has 9 nitrogen and oxygen atoms in total. The van der Waals surface area contributed by atoms with Crippen LogP contribution in [-0.2, 0) is 14.3 Å². The first-order valence-electron chi connectivity index (χ1n) is 15.0. The highest BCUT2D eigenvalue weighted by Gasteiger charge is 2.47. The van der Waals surface area contributed by atoms with Crippen LogP contribution in [0, 0.1) is 11.8 Å². The zero-order chi connectivity index (χ0) is 31.6. The summed E-state index contributed by atoms with van der Waals surface area (Å²) in [6.45, 7) is 15.5. The number of carboxylic acids is 1. The molecule has 6 aliphatic rings.